The van der Waals surface area contributed by atoms with Crippen LogP contribution in [0.25, 0.3) is 6.08 Å². The molecule has 0 fully saturated rings. The van der Waals surface area contributed by atoms with Crippen molar-refractivity contribution in [2.24, 2.45) is 0 Å². The minimum atomic E-state index is -0.396. The molecule has 0 heterocycles. The van der Waals surface area contributed by atoms with E-state index in [4.69, 9.17) is 17.0 Å². The highest BCUT2D eigenvalue weighted by Crippen LogP contribution is 2.23. The van der Waals surface area contributed by atoms with E-state index in [-0.39, 0.29) is 11.5 Å². The molecule has 3 N–H and O–H groups in total. The number of amides is 2. The Morgan fingerprint density at radius 1 is 0.971 bits per heavy atom. The minimum absolute atomic E-state index is 0.244. The predicted octanol–water partition coefficient (Wildman–Crippen LogP) is 6.15. The summed E-state index contributed by atoms with van der Waals surface area (Å²) in [5.41, 5.74) is 3.27. The molecule has 3 rings (SSSR count). The highest BCUT2D eigenvalue weighted by molar-refractivity contribution is 6.31. The maximum absolute atomic E-state index is 12.9. The van der Waals surface area contributed by atoms with Crippen molar-refractivity contribution in [1.82, 2.24) is 4.90 Å². The van der Waals surface area contributed by atoms with Crippen LogP contribution in [0.3, 0.4) is 0 Å². The average molecular weight is 475 g/mol. The number of rotatable bonds is 8. The first-order valence-corrected chi connectivity index (χ1v) is 11.2. The summed E-state index contributed by atoms with van der Waals surface area (Å²) in [6.07, 6.45) is 2.66. The first-order chi connectivity index (χ1) is 16.3. The van der Waals surface area contributed by atoms with Gasteiger partial charge in [-0.1, -0.05) is 55.4 Å². The Balaban J connectivity index is 1.76. The van der Waals surface area contributed by atoms with Crippen molar-refractivity contribution in [2.75, 3.05) is 24.2 Å². The summed E-state index contributed by atoms with van der Waals surface area (Å²) in [4.78, 5) is 27.7. The molecule has 0 aliphatic rings. The number of carbonyl (C=O) groups excluding carboxylic acids is 2. The lowest BCUT2D eigenvalue weighted by molar-refractivity contribution is 0.102. The molecule has 0 atom stereocenters. The predicted molar refractivity (Wildman–Crippen MR) is 140 cm³/mol. The van der Waals surface area contributed by atoms with Crippen molar-refractivity contribution in [3.63, 3.8) is 0 Å². The largest absolute Gasteiger partial charge is 0.360 e. The van der Waals surface area contributed by atoms with E-state index in [9.17, 15) is 9.59 Å². The summed E-state index contributed by atoms with van der Waals surface area (Å²) in [6, 6.07) is 18.8. The normalized spacial score (nSPS) is 10.3. The molecule has 3 aromatic carbocycles. The van der Waals surface area contributed by atoms with E-state index in [0.29, 0.717) is 27.8 Å². The Labute approximate surface area is 204 Å². The van der Waals surface area contributed by atoms with Crippen molar-refractivity contribution < 1.29 is 9.59 Å². The van der Waals surface area contributed by atoms with Crippen LogP contribution in [0, 0.1) is 5.41 Å². The molecule has 0 spiro atoms. The fraction of sp³-hybridized carbons (Fsp3) is 0.148. The van der Waals surface area contributed by atoms with Crippen molar-refractivity contribution in [3.8, 4) is 0 Å². The quantitative estimate of drug-likeness (QED) is 0.270. The highest BCUT2D eigenvalue weighted by Gasteiger charge is 2.16. The Morgan fingerprint density at radius 2 is 1.62 bits per heavy atom. The molecule has 3 aromatic rings. The monoisotopic (exact) mass is 474 g/mol. The van der Waals surface area contributed by atoms with Crippen LogP contribution in [0.1, 0.15) is 45.2 Å². The SMILES string of the molecule is C=Cc1ccc(NC(=O)c2cc(Cl)ccc2NC(=O)c2ccc(C(=N)N(C)CCC)cc2)cc1. The number of hydrogen-bond acceptors (Lipinski definition) is 3. The van der Waals surface area contributed by atoms with Gasteiger partial charge in [0.25, 0.3) is 11.8 Å². The van der Waals surface area contributed by atoms with E-state index in [0.717, 1.165) is 24.1 Å². The van der Waals surface area contributed by atoms with Gasteiger partial charge in [0.15, 0.2) is 0 Å². The van der Waals surface area contributed by atoms with Gasteiger partial charge in [-0.25, -0.2) is 0 Å². The van der Waals surface area contributed by atoms with Gasteiger partial charge in [0, 0.05) is 35.4 Å². The van der Waals surface area contributed by atoms with Crippen molar-refractivity contribution >= 4 is 46.7 Å². The smallest absolute Gasteiger partial charge is 0.257 e. The second-order valence-corrected chi connectivity index (χ2v) is 8.21. The van der Waals surface area contributed by atoms with Crippen LogP contribution in [-0.2, 0) is 0 Å². The molecule has 0 radical (unpaired) electrons. The first kappa shape index (κ1) is 24.7. The summed E-state index contributed by atoms with van der Waals surface area (Å²) in [7, 11) is 1.87. The number of carbonyl (C=O) groups is 2. The molecule has 0 aliphatic heterocycles. The van der Waals surface area contributed by atoms with Crippen LogP contribution < -0.4 is 10.6 Å². The van der Waals surface area contributed by atoms with E-state index in [1.54, 1.807) is 54.6 Å². The molecule has 0 aliphatic carbocycles. The Bertz CT molecular complexity index is 1200. The number of amidine groups is 1. The molecule has 0 aromatic heterocycles. The van der Waals surface area contributed by atoms with Crippen LogP contribution in [-0.4, -0.2) is 36.1 Å². The molecule has 0 bridgehead atoms. The van der Waals surface area contributed by atoms with Gasteiger partial charge in [0.1, 0.15) is 5.84 Å². The third-order valence-corrected chi connectivity index (χ3v) is 5.48. The van der Waals surface area contributed by atoms with E-state index in [1.807, 2.05) is 24.1 Å². The standard InChI is InChI=1S/C27H27ClN4O2/c1-4-16-32(3)25(29)19-8-10-20(11-9-19)26(33)31-24-15-12-21(28)17-23(24)27(34)30-22-13-6-18(5-2)7-14-22/h5-15,17,29H,2,4,16H2,1,3H3,(H,30,34)(H,31,33). The maximum atomic E-state index is 12.9. The van der Waals surface area contributed by atoms with Gasteiger partial charge in [-0.3, -0.25) is 15.0 Å². The molecule has 0 saturated heterocycles. The lowest BCUT2D eigenvalue weighted by Crippen LogP contribution is -2.27. The average Bonchev–Trinajstić information content (AvgIpc) is 2.85. The number of nitrogens with one attached hydrogen (secondary N) is 3. The molecule has 6 nitrogen and oxygen atoms in total. The van der Waals surface area contributed by atoms with Gasteiger partial charge in [-0.15, -0.1) is 0 Å². The number of nitrogens with zero attached hydrogens (tertiary/aromatic N) is 1. The Kier molecular flexibility index (Phi) is 8.22. The van der Waals surface area contributed by atoms with Crippen molar-refractivity contribution in [1.29, 1.82) is 5.41 Å². The van der Waals surface area contributed by atoms with Crippen LogP contribution >= 0.6 is 11.6 Å². The summed E-state index contributed by atoms with van der Waals surface area (Å²) >= 11 is 6.12. The van der Waals surface area contributed by atoms with Crippen LogP contribution in [0.4, 0.5) is 11.4 Å². The molecule has 34 heavy (non-hydrogen) atoms. The maximum Gasteiger partial charge on any atom is 0.257 e. The molecule has 2 amide bonds. The molecular formula is C27H27ClN4O2. The first-order valence-electron chi connectivity index (χ1n) is 10.9. The highest BCUT2D eigenvalue weighted by atomic mass is 35.5. The van der Waals surface area contributed by atoms with Gasteiger partial charge in [-0.05, 0) is 54.4 Å². The molecule has 7 heteroatoms. The number of hydrogen-bond donors (Lipinski definition) is 3. The molecular weight excluding hydrogens is 448 g/mol. The topological polar surface area (TPSA) is 85.3 Å². The lowest BCUT2D eigenvalue weighted by atomic mass is 10.1. The number of anilines is 2. The minimum Gasteiger partial charge on any atom is -0.360 e. The van der Waals surface area contributed by atoms with Crippen molar-refractivity contribution in [3.05, 3.63) is 101 Å². The number of halogens is 1. The van der Waals surface area contributed by atoms with E-state index < -0.39 is 5.91 Å². The zero-order valence-corrected chi connectivity index (χ0v) is 19.9. The fourth-order valence-corrected chi connectivity index (χ4v) is 3.53. The second-order valence-electron chi connectivity index (χ2n) is 7.77. The van der Waals surface area contributed by atoms with Crippen LogP contribution in [0.2, 0.25) is 5.02 Å². The molecule has 0 unspecified atom stereocenters. The summed E-state index contributed by atoms with van der Waals surface area (Å²) in [5.74, 6) is -0.370. The number of benzene rings is 3. The van der Waals surface area contributed by atoms with Gasteiger partial charge in [0.2, 0.25) is 0 Å². The summed E-state index contributed by atoms with van der Waals surface area (Å²) in [5, 5.41) is 14.3. The molecule has 174 valence electrons. The van der Waals surface area contributed by atoms with Crippen molar-refractivity contribution in [2.45, 2.75) is 13.3 Å². The fourth-order valence-electron chi connectivity index (χ4n) is 3.36. The Morgan fingerprint density at radius 3 is 2.24 bits per heavy atom. The van der Waals surface area contributed by atoms with E-state index >= 15 is 0 Å². The van der Waals surface area contributed by atoms with Gasteiger partial charge in [-0.2, -0.15) is 0 Å². The van der Waals surface area contributed by atoms with Gasteiger partial charge in [0.05, 0.1) is 11.3 Å². The van der Waals surface area contributed by atoms with Gasteiger partial charge < -0.3 is 15.5 Å². The third-order valence-electron chi connectivity index (χ3n) is 5.24. The summed E-state index contributed by atoms with van der Waals surface area (Å²) < 4.78 is 0. The third kappa shape index (κ3) is 6.11. The summed E-state index contributed by atoms with van der Waals surface area (Å²) in [6.45, 7) is 6.55. The van der Waals surface area contributed by atoms with Crippen LogP contribution in [0.15, 0.2) is 73.3 Å². The zero-order valence-electron chi connectivity index (χ0n) is 19.2. The molecule has 0 saturated carbocycles. The van der Waals surface area contributed by atoms with E-state index in [1.165, 1.54) is 6.07 Å². The van der Waals surface area contributed by atoms with Gasteiger partial charge >= 0.3 is 0 Å². The lowest BCUT2D eigenvalue weighted by Gasteiger charge is -2.19. The van der Waals surface area contributed by atoms with E-state index in [2.05, 4.69) is 24.1 Å². The second kappa shape index (κ2) is 11.3. The Hall–Kier alpha value is -3.90. The zero-order chi connectivity index (χ0) is 24.7. The van der Waals surface area contributed by atoms with Crippen LogP contribution in [0.5, 0.6) is 0 Å².